The first kappa shape index (κ1) is 11.3. The van der Waals surface area contributed by atoms with E-state index in [0.29, 0.717) is 11.5 Å². The van der Waals surface area contributed by atoms with E-state index in [-0.39, 0.29) is 12.4 Å². The molecule has 0 saturated heterocycles. The molecule has 0 aliphatic carbocycles. The first-order chi connectivity index (χ1) is 8.75. The van der Waals surface area contributed by atoms with Crippen molar-refractivity contribution >= 4 is 17.1 Å². The maximum Gasteiger partial charge on any atom is 0.217 e. The number of ketones is 1. The topological polar surface area (TPSA) is 35.5 Å². The molecular weight excluding hydrogens is 248 g/mol. The number of carbonyl (C=O) groups is 1. The molecule has 1 aromatic carbocycles. The minimum atomic E-state index is -0.544. The quantitative estimate of drug-likeness (QED) is 0.778. The molecule has 0 N–H and O–H groups in total. The number of aryl methyl sites for hydroxylation is 1. The molecule has 2 aromatic rings. The number of Topliss-reactive ketones (excluding diaryl/α,β-unsaturated/α-hetero) is 1. The molecule has 0 spiro atoms. The highest BCUT2D eigenvalue weighted by atomic mass is 32.1. The number of hydrogen-bond acceptors (Lipinski definition) is 4. The fourth-order valence-electron chi connectivity index (χ4n) is 1.92. The van der Waals surface area contributed by atoms with E-state index in [4.69, 9.17) is 9.47 Å². The van der Waals surface area contributed by atoms with E-state index in [2.05, 4.69) is 0 Å². The van der Waals surface area contributed by atoms with Crippen LogP contribution in [-0.4, -0.2) is 18.5 Å². The molecule has 0 fully saturated rings. The van der Waals surface area contributed by atoms with Crippen molar-refractivity contribution in [3.8, 4) is 11.5 Å². The van der Waals surface area contributed by atoms with Crippen LogP contribution in [-0.2, 0) is 0 Å². The van der Waals surface area contributed by atoms with Crippen molar-refractivity contribution in [2.75, 3.05) is 6.61 Å². The molecule has 2 heterocycles. The molecule has 92 valence electrons. The third kappa shape index (κ3) is 1.88. The Bertz CT molecular complexity index is 588. The second kappa shape index (κ2) is 4.46. The molecule has 3 rings (SSSR count). The molecule has 0 amide bonds. The van der Waals surface area contributed by atoms with Crippen molar-refractivity contribution < 1.29 is 14.3 Å². The van der Waals surface area contributed by atoms with Gasteiger partial charge in [0, 0.05) is 0 Å². The van der Waals surface area contributed by atoms with Crippen LogP contribution in [0, 0.1) is 6.92 Å². The highest BCUT2D eigenvalue weighted by Crippen LogP contribution is 2.32. The standard InChI is InChI=1S/C14H12O3S/c1-9-6-7-18-14(9)13(15)12-8-16-10-4-2-3-5-11(10)17-12/h2-7,12H,8H2,1H3. The maximum atomic E-state index is 12.3. The van der Waals surface area contributed by atoms with E-state index in [1.54, 1.807) is 0 Å². The summed E-state index contributed by atoms with van der Waals surface area (Å²) in [7, 11) is 0. The molecule has 4 heteroatoms. The Morgan fingerprint density at radius 2 is 2.06 bits per heavy atom. The zero-order valence-corrected chi connectivity index (χ0v) is 10.7. The Morgan fingerprint density at radius 3 is 2.78 bits per heavy atom. The fraction of sp³-hybridized carbons (Fsp3) is 0.214. The number of ether oxygens (including phenoxy) is 2. The average molecular weight is 260 g/mol. The smallest absolute Gasteiger partial charge is 0.217 e. The Kier molecular flexibility index (Phi) is 2.80. The number of hydrogen-bond donors (Lipinski definition) is 0. The van der Waals surface area contributed by atoms with Crippen LogP contribution >= 0.6 is 11.3 Å². The van der Waals surface area contributed by atoms with Crippen LogP contribution in [0.1, 0.15) is 15.2 Å². The van der Waals surface area contributed by atoms with Crippen LogP contribution < -0.4 is 9.47 Å². The molecule has 18 heavy (non-hydrogen) atoms. The predicted octanol–water partition coefficient (Wildman–Crippen LogP) is 3.08. The van der Waals surface area contributed by atoms with Crippen LogP contribution in [0.2, 0.25) is 0 Å². The Labute approximate surface area is 109 Å². The summed E-state index contributed by atoms with van der Waals surface area (Å²) >= 11 is 1.45. The Hall–Kier alpha value is -1.81. The molecule has 1 atom stereocenters. The van der Waals surface area contributed by atoms with Gasteiger partial charge < -0.3 is 9.47 Å². The van der Waals surface area contributed by atoms with Crippen molar-refractivity contribution in [2.24, 2.45) is 0 Å². The second-order valence-electron chi connectivity index (χ2n) is 4.16. The first-order valence-corrected chi connectivity index (χ1v) is 6.60. The van der Waals surface area contributed by atoms with E-state index < -0.39 is 6.10 Å². The summed E-state index contributed by atoms with van der Waals surface area (Å²) in [6.45, 7) is 2.20. The lowest BCUT2D eigenvalue weighted by atomic mass is 10.1. The van der Waals surface area contributed by atoms with Crippen molar-refractivity contribution in [1.29, 1.82) is 0 Å². The molecule has 0 saturated carbocycles. The van der Waals surface area contributed by atoms with Gasteiger partial charge in [0.15, 0.2) is 17.6 Å². The Morgan fingerprint density at radius 1 is 1.28 bits per heavy atom. The van der Waals surface area contributed by atoms with E-state index in [0.717, 1.165) is 10.4 Å². The van der Waals surface area contributed by atoms with Gasteiger partial charge in [0.1, 0.15) is 6.61 Å². The number of thiophene rings is 1. The molecule has 0 bridgehead atoms. The summed E-state index contributed by atoms with van der Waals surface area (Å²) in [6, 6.07) is 9.34. The minimum absolute atomic E-state index is 0.00277. The van der Waals surface area contributed by atoms with Gasteiger partial charge in [-0.15, -0.1) is 11.3 Å². The zero-order valence-electron chi connectivity index (χ0n) is 9.88. The summed E-state index contributed by atoms with van der Waals surface area (Å²) in [5.41, 5.74) is 0.993. The molecule has 1 unspecified atom stereocenters. The lowest BCUT2D eigenvalue weighted by Crippen LogP contribution is -2.36. The van der Waals surface area contributed by atoms with E-state index in [1.165, 1.54) is 11.3 Å². The normalized spacial score (nSPS) is 17.5. The molecule has 3 nitrogen and oxygen atoms in total. The van der Waals surface area contributed by atoms with Crippen LogP contribution in [0.5, 0.6) is 11.5 Å². The second-order valence-corrected chi connectivity index (χ2v) is 5.08. The van der Waals surface area contributed by atoms with Gasteiger partial charge in [-0.1, -0.05) is 12.1 Å². The van der Waals surface area contributed by atoms with Crippen molar-refractivity contribution in [3.05, 3.63) is 46.2 Å². The molecule has 0 radical (unpaired) electrons. The van der Waals surface area contributed by atoms with Crippen molar-refractivity contribution in [2.45, 2.75) is 13.0 Å². The molecular formula is C14H12O3S. The average Bonchev–Trinajstić information content (AvgIpc) is 2.83. The van der Waals surface area contributed by atoms with Gasteiger partial charge >= 0.3 is 0 Å². The van der Waals surface area contributed by atoms with E-state index in [9.17, 15) is 4.79 Å². The third-order valence-electron chi connectivity index (χ3n) is 2.89. The summed E-state index contributed by atoms with van der Waals surface area (Å²) in [5.74, 6) is 1.33. The number of fused-ring (bicyclic) bond motifs is 1. The van der Waals surface area contributed by atoms with Gasteiger partial charge in [-0.05, 0) is 36.1 Å². The highest BCUT2D eigenvalue weighted by Gasteiger charge is 2.29. The SMILES string of the molecule is Cc1ccsc1C(=O)C1COc2ccccc2O1. The number of carbonyl (C=O) groups excluding carboxylic acids is 1. The predicted molar refractivity (Wildman–Crippen MR) is 69.7 cm³/mol. The lowest BCUT2D eigenvalue weighted by Gasteiger charge is -2.25. The summed E-state index contributed by atoms with van der Waals surface area (Å²) in [4.78, 5) is 13.0. The van der Waals surface area contributed by atoms with E-state index in [1.807, 2.05) is 42.6 Å². The number of benzene rings is 1. The summed E-state index contributed by atoms with van der Waals surface area (Å²) in [5, 5.41) is 1.92. The van der Waals surface area contributed by atoms with Gasteiger partial charge in [-0.25, -0.2) is 0 Å². The van der Waals surface area contributed by atoms with Gasteiger partial charge in [0.25, 0.3) is 0 Å². The van der Waals surface area contributed by atoms with Crippen LogP contribution in [0.4, 0.5) is 0 Å². The number of rotatable bonds is 2. The third-order valence-corrected chi connectivity index (χ3v) is 3.92. The number of para-hydroxylation sites is 2. The summed E-state index contributed by atoms with van der Waals surface area (Å²) in [6.07, 6.45) is -0.544. The summed E-state index contributed by atoms with van der Waals surface area (Å²) < 4.78 is 11.3. The van der Waals surface area contributed by atoms with Crippen molar-refractivity contribution in [3.63, 3.8) is 0 Å². The largest absolute Gasteiger partial charge is 0.485 e. The monoisotopic (exact) mass is 260 g/mol. The van der Waals surface area contributed by atoms with Gasteiger partial charge in [-0.3, -0.25) is 4.79 Å². The Balaban J connectivity index is 1.84. The molecule has 1 aliphatic heterocycles. The maximum absolute atomic E-state index is 12.3. The minimum Gasteiger partial charge on any atom is -0.485 e. The van der Waals surface area contributed by atoms with Crippen LogP contribution in [0.15, 0.2) is 35.7 Å². The zero-order chi connectivity index (χ0) is 12.5. The fourth-order valence-corrected chi connectivity index (χ4v) is 2.83. The van der Waals surface area contributed by atoms with Crippen LogP contribution in [0.25, 0.3) is 0 Å². The first-order valence-electron chi connectivity index (χ1n) is 5.72. The van der Waals surface area contributed by atoms with Crippen LogP contribution in [0.3, 0.4) is 0 Å². The van der Waals surface area contributed by atoms with Gasteiger partial charge in [0.05, 0.1) is 4.88 Å². The lowest BCUT2D eigenvalue weighted by molar-refractivity contribution is 0.0589. The van der Waals surface area contributed by atoms with Crippen molar-refractivity contribution in [1.82, 2.24) is 0 Å². The highest BCUT2D eigenvalue weighted by molar-refractivity contribution is 7.12. The van der Waals surface area contributed by atoms with Gasteiger partial charge in [0.2, 0.25) is 5.78 Å². The van der Waals surface area contributed by atoms with Gasteiger partial charge in [-0.2, -0.15) is 0 Å². The molecule has 1 aromatic heterocycles. The molecule has 1 aliphatic rings. The van der Waals surface area contributed by atoms with E-state index >= 15 is 0 Å².